The molecule has 1 aromatic heterocycles. The molecule has 31 heavy (non-hydrogen) atoms. The highest BCUT2D eigenvalue weighted by molar-refractivity contribution is 5.94. The number of anilines is 1. The maximum Gasteiger partial charge on any atom is 0.310 e. The average molecular weight is 425 g/mol. The lowest BCUT2D eigenvalue weighted by atomic mass is 9.95. The number of methoxy groups -OCH3 is 2. The fourth-order valence-electron chi connectivity index (χ4n) is 3.44. The molecule has 0 atom stereocenters. The predicted molar refractivity (Wildman–Crippen MR) is 118 cm³/mol. The van der Waals surface area contributed by atoms with Crippen molar-refractivity contribution in [3.63, 3.8) is 0 Å². The van der Waals surface area contributed by atoms with Crippen molar-refractivity contribution < 1.29 is 28.2 Å². The molecule has 1 amide bonds. The van der Waals surface area contributed by atoms with Gasteiger partial charge >= 0.3 is 5.97 Å². The van der Waals surface area contributed by atoms with Crippen molar-refractivity contribution in [2.75, 3.05) is 26.1 Å². The van der Waals surface area contributed by atoms with E-state index in [4.69, 9.17) is 18.6 Å². The van der Waals surface area contributed by atoms with Gasteiger partial charge in [-0.3, -0.25) is 9.59 Å². The van der Waals surface area contributed by atoms with Gasteiger partial charge in [-0.1, -0.05) is 13.8 Å². The van der Waals surface area contributed by atoms with Crippen LogP contribution in [0.1, 0.15) is 36.5 Å². The van der Waals surface area contributed by atoms with E-state index in [0.717, 1.165) is 22.1 Å². The molecule has 3 rings (SSSR count). The lowest BCUT2D eigenvalue weighted by molar-refractivity contribution is -0.146. The van der Waals surface area contributed by atoms with Gasteiger partial charge in [-0.05, 0) is 48.2 Å². The first-order chi connectivity index (χ1) is 14.8. The summed E-state index contributed by atoms with van der Waals surface area (Å²) in [6.07, 6.45) is 1.59. The number of carbonyl (C=O) groups is 2. The van der Waals surface area contributed by atoms with Gasteiger partial charge < -0.3 is 23.9 Å². The summed E-state index contributed by atoms with van der Waals surface area (Å²) in [6, 6.07) is 9.04. The third-order valence-electron chi connectivity index (χ3n) is 5.05. The van der Waals surface area contributed by atoms with E-state index in [9.17, 15) is 9.59 Å². The molecule has 0 saturated carbocycles. The number of fused-ring (bicyclic) bond motifs is 1. The molecule has 0 aliphatic rings. The second-order valence-electron chi connectivity index (χ2n) is 7.57. The first-order valence-corrected chi connectivity index (χ1v) is 10.0. The molecule has 0 aliphatic carbocycles. The SMILES string of the molecule is COc1ccc(NC(=O)COC(=O)Cc2coc3cc(C)c(C(C)C)cc23)c(OC)c1. The summed E-state index contributed by atoms with van der Waals surface area (Å²) >= 11 is 0. The Morgan fingerprint density at radius 1 is 1.10 bits per heavy atom. The van der Waals surface area contributed by atoms with Crippen LogP contribution in [0.15, 0.2) is 41.0 Å². The Kier molecular flexibility index (Phi) is 6.84. The van der Waals surface area contributed by atoms with Gasteiger partial charge in [-0.2, -0.15) is 0 Å². The van der Waals surface area contributed by atoms with Crippen molar-refractivity contribution in [3.05, 3.63) is 53.3 Å². The summed E-state index contributed by atoms with van der Waals surface area (Å²) in [6.45, 7) is 5.89. The zero-order valence-corrected chi connectivity index (χ0v) is 18.4. The molecule has 2 aromatic carbocycles. The van der Waals surface area contributed by atoms with E-state index in [1.165, 1.54) is 12.7 Å². The molecule has 1 heterocycles. The molecule has 0 fully saturated rings. The monoisotopic (exact) mass is 425 g/mol. The molecule has 0 spiro atoms. The summed E-state index contributed by atoms with van der Waals surface area (Å²) in [5, 5.41) is 3.56. The number of hydrogen-bond acceptors (Lipinski definition) is 6. The Morgan fingerprint density at radius 3 is 2.55 bits per heavy atom. The Bertz CT molecular complexity index is 1100. The van der Waals surface area contributed by atoms with Gasteiger partial charge in [0.05, 0.1) is 32.6 Å². The molecule has 0 saturated heterocycles. The number of ether oxygens (including phenoxy) is 3. The smallest absolute Gasteiger partial charge is 0.310 e. The fourth-order valence-corrected chi connectivity index (χ4v) is 3.44. The van der Waals surface area contributed by atoms with Crippen molar-refractivity contribution in [2.24, 2.45) is 0 Å². The van der Waals surface area contributed by atoms with E-state index in [1.54, 1.807) is 31.6 Å². The van der Waals surface area contributed by atoms with Crippen molar-refractivity contribution >= 4 is 28.5 Å². The quantitative estimate of drug-likeness (QED) is 0.531. The highest BCUT2D eigenvalue weighted by Crippen LogP contribution is 2.30. The van der Waals surface area contributed by atoms with Crippen LogP contribution < -0.4 is 14.8 Å². The summed E-state index contributed by atoms with van der Waals surface area (Å²) in [4.78, 5) is 24.5. The van der Waals surface area contributed by atoms with Crippen LogP contribution in [0.4, 0.5) is 5.69 Å². The summed E-state index contributed by atoms with van der Waals surface area (Å²) in [7, 11) is 3.03. The number of furan rings is 1. The number of benzene rings is 2. The molecule has 0 unspecified atom stereocenters. The lowest BCUT2D eigenvalue weighted by Crippen LogP contribution is -2.21. The van der Waals surface area contributed by atoms with Gasteiger partial charge in [-0.15, -0.1) is 0 Å². The number of rotatable bonds is 8. The van der Waals surface area contributed by atoms with Crippen LogP contribution in [0.3, 0.4) is 0 Å². The second-order valence-corrected chi connectivity index (χ2v) is 7.57. The molecule has 3 aromatic rings. The first kappa shape index (κ1) is 22.2. The second kappa shape index (κ2) is 9.55. The van der Waals surface area contributed by atoms with E-state index in [-0.39, 0.29) is 6.42 Å². The van der Waals surface area contributed by atoms with Crippen LogP contribution in [0.5, 0.6) is 11.5 Å². The standard InChI is InChI=1S/C24H27NO6/c1-14(2)18-11-19-16(12-30-21(19)8-15(18)3)9-24(27)31-13-23(26)25-20-7-6-17(28-4)10-22(20)29-5/h6-8,10-12,14H,9,13H2,1-5H3,(H,25,26). The van der Waals surface area contributed by atoms with E-state index >= 15 is 0 Å². The van der Waals surface area contributed by atoms with Gasteiger partial charge in [0, 0.05) is 17.0 Å². The highest BCUT2D eigenvalue weighted by Gasteiger charge is 2.16. The number of hydrogen-bond donors (Lipinski definition) is 1. The largest absolute Gasteiger partial charge is 0.497 e. The van der Waals surface area contributed by atoms with Crippen LogP contribution in [-0.4, -0.2) is 32.7 Å². The molecule has 7 nitrogen and oxygen atoms in total. The van der Waals surface area contributed by atoms with Crippen LogP contribution in [0.25, 0.3) is 11.0 Å². The molecule has 1 N–H and O–H groups in total. The molecule has 0 aliphatic heterocycles. The van der Waals surface area contributed by atoms with Crippen molar-refractivity contribution in [1.82, 2.24) is 0 Å². The molecule has 164 valence electrons. The normalized spacial score (nSPS) is 10.9. The number of amides is 1. The van der Waals surface area contributed by atoms with Crippen molar-refractivity contribution in [3.8, 4) is 11.5 Å². The first-order valence-electron chi connectivity index (χ1n) is 10.0. The van der Waals surface area contributed by atoms with Crippen molar-refractivity contribution in [2.45, 2.75) is 33.1 Å². The van der Waals surface area contributed by atoms with Crippen LogP contribution >= 0.6 is 0 Å². The topological polar surface area (TPSA) is 87.0 Å². The Morgan fingerprint density at radius 2 is 1.87 bits per heavy atom. The molecule has 7 heteroatoms. The Balaban J connectivity index is 1.62. The lowest BCUT2D eigenvalue weighted by Gasteiger charge is -2.12. The number of aryl methyl sites for hydroxylation is 1. The highest BCUT2D eigenvalue weighted by atomic mass is 16.5. The minimum atomic E-state index is -0.508. The predicted octanol–water partition coefficient (Wildman–Crippen LogP) is 4.61. The van der Waals surface area contributed by atoms with E-state index in [1.807, 2.05) is 13.0 Å². The number of carbonyl (C=O) groups excluding carboxylic acids is 2. The van der Waals surface area contributed by atoms with Crippen LogP contribution in [0, 0.1) is 6.92 Å². The van der Waals surface area contributed by atoms with E-state index in [2.05, 4.69) is 25.2 Å². The Hall–Kier alpha value is -3.48. The summed E-state index contributed by atoms with van der Waals surface area (Å²) in [5.41, 5.74) is 4.28. The Labute approximate surface area is 181 Å². The molecule has 0 bridgehead atoms. The van der Waals surface area contributed by atoms with Gasteiger partial charge in [0.1, 0.15) is 17.1 Å². The fraction of sp³-hybridized carbons (Fsp3) is 0.333. The zero-order chi connectivity index (χ0) is 22.5. The average Bonchev–Trinajstić information content (AvgIpc) is 3.13. The van der Waals surface area contributed by atoms with Gasteiger partial charge in [0.2, 0.25) is 0 Å². The molecule has 0 radical (unpaired) electrons. The summed E-state index contributed by atoms with van der Waals surface area (Å²) in [5.74, 6) is 0.431. The van der Waals surface area contributed by atoms with E-state index in [0.29, 0.717) is 23.1 Å². The number of nitrogens with one attached hydrogen (secondary N) is 1. The minimum absolute atomic E-state index is 0.0206. The van der Waals surface area contributed by atoms with Crippen molar-refractivity contribution in [1.29, 1.82) is 0 Å². The number of esters is 1. The van der Waals surface area contributed by atoms with Gasteiger partial charge in [0.25, 0.3) is 5.91 Å². The maximum absolute atomic E-state index is 12.3. The third-order valence-corrected chi connectivity index (χ3v) is 5.05. The minimum Gasteiger partial charge on any atom is -0.497 e. The molecular weight excluding hydrogens is 398 g/mol. The zero-order valence-electron chi connectivity index (χ0n) is 18.4. The third kappa shape index (κ3) is 5.17. The van der Waals surface area contributed by atoms with Gasteiger partial charge in [0.15, 0.2) is 6.61 Å². The van der Waals surface area contributed by atoms with E-state index < -0.39 is 18.5 Å². The molecular formula is C24H27NO6. The maximum atomic E-state index is 12.3. The van der Waals surface area contributed by atoms with Crippen LogP contribution in [-0.2, 0) is 20.7 Å². The van der Waals surface area contributed by atoms with Gasteiger partial charge in [-0.25, -0.2) is 0 Å². The summed E-state index contributed by atoms with van der Waals surface area (Å²) < 4.78 is 21.1. The van der Waals surface area contributed by atoms with Crippen LogP contribution in [0.2, 0.25) is 0 Å².